The molecule has 0 saturated heterocycles. The van der Waals surface area contributed by atoms with E-state index in [9.17, 15) is 0 Å². The molecule has 0 spiro atoms. The van der Waals surface area contributed by atoms with E-state index in [4.69, 9.17) is 10.5 Å². The van der Waals surface area contributed by atoms with Crippen molar-refractivity contribution in [3.05, 3.63) is 36.7 Å². The maximum atomic E-state index is 5.51. The minimum absolute atomic E-state index is 0.514. The summed E-state index contributed by atoms with van der Waals surface area (Å²) in [4.78, 5) is 0. The zero-order valence-electron chi connectivity index (χ0n) is 7.00. The average molecular weight is 164 g/mol. The highest BCUT2D eigenvalue weighted by Crippen LogP contribution is 2.11. The van der Waals surface area contributed by atoms with Gasteiger partial charge in [-0.1, -0.05) is 0 Å². The van der Waals surface area contributed by atoms with Crippen molar-refractivity contribution in [3.8, 4) is 0 Å². The van der Waals surface area contributed by atoms with Gasteiger partial charge in [-0.3, -0.25) is 0 Å². The van der Waals surface area contributed by atoms with Gasteiger partial charge in [-0.2, -0.15) is 0 Å². The summed E-state index contributed by atoms with van der Waals surface area (Å²) >= 11 is 0. The second kappa shape index (κ2) is 3.67. The lowest BCUT2D eigenvalue weighted by Gasteiger charge is -2.07. The quantitative estimate of drug-likeness (QED) is 0.529. The zero-order valence-corrected chi connectivity index (χ0v) is 7.00. The van der Waals surface area contributed by atoms with Crippen molar-refractivity contribution in [1.29, 1.82) is 0 Å². The van der Waals surface area contributed by atoms with E-state index in [0.29, 0.717) is 5.88 Å². The first-order valence-corrected chi connectivity index (χ1v) is 3.58. The molecule has 0 bridgehead atoms. The van der Waals surface area contributed by atoms with Crippen LogP contribution in [0.2, 0.25) is 0 Å². The van der Waals surface area contributed by atoms with Crippen LogP contribution < -0.4 is 11.1 Å². The summed E-state index contributed by atoms with van der Waals surface area (Å²) in [6, 6.07) is 7.34. The zero-order chi connectivity index (χ0) is 8.97. The minimum atomic E-state index is 0.514. The molecular weight excluding hydrogens is 152 g/mol. The molecule has 3 nitrogen and oxygen atoms in total. The molecular formula is C9H12N2O. The fourth-order valence-corrected chi connectivity index (χ4v) is 0.778. The number of rotatable bonds is 3. The van der Waals surface area contributed by atoms with Gasteiger partial charge in [0.25, 0.3) is 0 Å². The largest absolute Gasteiger partial charge is 0.483 e. The summed E-state index contributed by atoms with van der Waals surface area (Å²) in [5.74, 6) is 0.514. The predicted octanol–water partition coefficient (Wildman–Crippen LogP) is 1.80. The molecule has 0 atom stereocenters. The van der Waals surface area contributed by atoms with Gasteiger partial charge in [0.15, 0.2) is 5.88 Å². The Bertz CT molecular complexity index is 266. The molecule has 3 heteroatoms. The molecule has 0 unspecified atom stereocenters. The van der Waals surface area contributed by atoms with Crippen LogP contribution in [0.5, 0.6) is 0 Å². The predicted molar refractivity (Wildman–Crippen MR) is 50.6 cm³/mol. The Balaban J connectivity index is 2.64. The molecule has 0 aliphatic rings. The number of methoxy groups -OCH3 is 1. The van der Waals surface area contributed by atoms with Gasteiger partial charge in [0.05, 0.1) is 7.11 Å². The summed E-state index contributed by atoms with van der Waals surface area (Å²) in [6.45, 7) is 3.63. The van der Waals surface area contributed by atoms with E-state index in [1.807, 2.05) is 24.3 Å². The van der Waals surface area contributed by atoms with E-state index in [1.54, 1.807) is 7.11 Å². The van der Waals surface area contributed by atoms with Gasteiger partial charge in [0.1, 0.15) is 0 Å². The lowest BCUT2D eigenvalue weighted by atomic mass is 10.3. The third-order valence-corrected chi connectivity index (χ3v) is 1.44. The van der Waals surface area contributed by atoms with Gasteiger partial charge >= 0.3 is 0 Å². The maximum absolute atomic E-state index is 5.51. The highest BCUT2D eigenvalue weighted by atomic mass is 16.5. The lowest BCUT2D eigenvalue weighted by molar-refractivity contribution is 0.299. The van der Waals surface area contributed by atoms with Gasteiger partial charge in [0.2, 0.25) is 0 Å². The van der Waals surface area contributed by atoms with Crippen molar-refractivity contribution in [3.63, 3.8) is 0 Å². The minimum Gasteiger partial charge on any atom is -0.483 e. The smallest absolute Gasteiger partial charge is 0.183 e. The van der Waals surface area contributed by atoms with Gasteiger partial charge in [-0.15, -0.1) is 0 Å². The second-order valence-electron chi connectivity index (χ2n) is 2.37. The lowest BCUT2D eigenvalue weighted by Crippen LogP contribution is -1.99. The summed E-state index contributed by atoms with van der Waals surface area (Å²) in [5.41, 5.74) is 7.16. The van der Waals surface area contributed by atoms with Crippen LogP contribution in [0.25, 0.3) is 0 Å². The number of anilines is 2. The molecule has 0 aromatic heterocycles. The first-order chi connectivity index (χ1) is 5.72. The number of nitrogens with one attached hydrogen (secondary N) is 1. The normalized spacial score (nSPS) is 9.08. The van der Waals surface area contributed by atoms with Crippen molar-refractivity contribution in [2.24, 2.45) is 0 Å². The molecule has 0 heterocycles. The number of benzene rings is 1. The van der Waals surface area contributed by atoms with Gasteiger partial charge in [0, 0.05) is 11.4 Å². The maximum Gasteiger partial charge on any atom is 0.183 e. The Morgan fingerprint density at radius 1 is 1.42 bits per heavy atom. The fraction of sp³-hybridized carbons (Fsp3) is 0.111. The van der Waals surface area contributed by atoms with Gasteiger partial charge in [-0.05, 0) is 30.8 Å². The second-order valence-corrected chi connectivity index (χ2v) is 2.37. The van der Waals surface area contributed by atoms with Gasteiger partial charge < -0.3 is 15.8 Å². The molecule has 12 heavy (non-hydrogen) atoms. The Morgan fingerprint density at radius 2 is 2.00 bits per heavy atom. The Morgan fingerprint density at radius 3 is 2.50 bits per heavy atom. The number of nitrogen functional groups attached to an aromatic ring is 1. The monoisotopic (exact) mass is 164 g/mol. The molecule has 1 aromatic rings. The number of hydrogen-bond donors (Lipinski definition) is 2. The van der Waals surface area contributed by atoms with Gasteiger partial charge in [-0.25, -0.2) is 0 Å². The molecule has 0 aliphatic heterocycles. The standard InChI is InChI=1S/C9H12N2O/c1-7(12-2)11-9-5-3-8(10)4-6-9/h3-6,11H,1,10H2,2H3. The third-order valence-electron chi connectivity index (χ3n) is 1.44. The molecule has 0 saturated carbocycles. The van der Waals surface area contributed by atoms with Crippen molar-refractivity contribution in [2.45, 2.75) is 0 Å². The van der Waals surface area contributed by atoms with Crippen LogP contribution in [0.4, 0.5) is 11.4 Å². The molecule has 64 valence electrons. The Labute approximate surface area is 71.8 Å². The van der Waals surface area contributed by atoms with Crippen LogP contribution in [-0.4, -0.2) is 7.11 Å². The summed E-state index contributed by atoms with van der Waals surface area (Å²) in [6.07, 6.45) is 0. The average Bonchev–Trinajstić information content (AvgIpc) is 2.09. The van der Waals surface area contributed by atoms with Crippen LogP contribution in [0, 0.1) is 0 Å². The van der Waals surface area contributed by atoms with Crippen LogP contribution in [0.1, 0.15) is 0 Å². The molecule has 1 aromatic carbocycles. The molecule has 0 radical (unpaired) electrons. The van der Waals surface area contributed by atoms with Crippen molar-refractivity contribution in [1.82, 2.24) is 0 Å². The topological polar surface area (TPSA) is 47.3 Å². The molecule has 3 N–H and O–H groups in total. The number of ether oxygens (including phenoxy) is 1. The van der Waals surface area contributed by atoms with Crippen LogP contribution in [0.3, 0.4) is 0 Å². The van der Waals surface area contributed by atoms with E-state index in [-0.39, 0.29) is 0 Å². The molecule has 0 fully saturated rings. The Hall–Kier alpha value is -1.64. The van der Waals surface area contributed by atoms with Crippen molar-refractivity contribution in [2.75, 3.05) is 18.2 Å². The van der Waals surface area contributed by atoms with Crippen LogP contribution in [0.15, 0.2) is 36.7 Å². The van der Waals surface area contributed by atoms with Crippen molar-refractivity contribution >= 4 is 11.4 Å². The van der Waals surface area contributed by atoms with E-state index in [2.05, 4.69) is 11.9 Å². The number of hydrogen-bond acceptors (Lipinski definition) is 3. The van der Waals surface area contributed by atoms with E-state index in [1.165, 1.54) is 0 Å². The Kier molecular flexibility index (Phi) is 2.58. The molecule has 0 aliphatic carbocycles. The molecule has 0 amide bonds. The fourth-order valence-electron chi connectivity index (χ4n) is 0.778. The number of nitrogens with two attached hydrogens (primary N) is 1. The highest BCUT2D eigenvalue weighted by molar-refractivity contribution is 5.53. The van der Waals surface area contributed by atoms with E-state index < -0.39 is 0 Å². The summed E-state index contributed by atoms with van der Waals surface area (Å²) < 4.78 is 4.85. The first kappa shape index (κ1) is 8.46. The van der Waals surface area contributed by atoms with E-state index >= 15 is 0 Å². The first-order valence-electron chi connectivity index (χ1n) is 3.58. The SMILES string of the molecule is C=C(Nc1ccc(N)cc1)OC. The van der Waals surface area contributed by atoms with Crippen molar-refractivity contribution < 1.29 is 4.74 Å². The highest BCUT2D eigenvalue weighted by Gasteiger charge is 1.92. The third kappa shape index (κ3) is 2.20. The molecule has 1 rings (SSSR count). The van der Waals surface area contributed by atoms with Crippen LogP contribution >= 0.6 is 0 Å². The summed E-state index contributed by atoms with van der Waals surface area (Å²) in [7, 11) is 1.56. The summed E-state index contributed by atoms with van der Waals surface area (Å²) in [5, 5.41) is 2.95. The van der Waals surface area contributed by atoms with Crippen LogP contribution in [-0.2, 0) is 4.74 Å². The van der Waals surface area contributed by atoms with E-state index in [0.717, 1.165) is 11.4 Å².